The van der Waals surface area contributed by atoms with Crippen LogP contribution in [0.3, 0.4) is 0 Å². The van der Waals surface area contributed by atoms with Crippen molar-refractivity contribution >= 4 is 18.0 Å². The highest BCUT2D eigenvalue weighted by Crippen LogP contribution is 2.44. The number of hydrogen-bond donors (Lipinski definition) is 2. The minimum absolute atomic E-state index is 0.0108. The summed E-state index contributed by atoms with van der Waals surface area (Å²) < 4.78 is 6.97. The summed E-state index contributed by atoms with van der Waals surface area (Å²) in [5, 5.41) is 19.6. The lowest BCUT2D eigenvalue weighted by atomic mass is 9.98. The molecule has 3 aromatic rings. The number of likely N-dealkylation sites (tertiary alicyclic amines) is 1. The van der Waals surface area contributed by atoms with E-state index in [1.807, 2.05) is 24.3 Å². The lowest BCUT2D eigenvalue weighted by Crippen LogP contribution is -2.30. The van der Waals surface area contributed by atoms with E-state index in [0.717, 1.165) is 11.1 Å². The summed E-state index contributed by atoms with van der Waals surface area (Å²) >= 11 is 0. The average molecular weight is 476 g/mol. The molecule has 2 heterocycles. The van der Waals surface area contributed by atoms with Crippen molar-refractivity contribution in [2.45, 2.75) is 18.9 Å². The number of carbonyl (C=O) groups is 3. The second kappa shape index (κ2) is 9.57. The maximum absolute atomic E-state index is 12.5. The van der Waals surface area contributed by atoms with Crippen LogP contribution in [-0.4, -0.2) is 69.2 Å². The predicted octanol–water partition coefficient (Wildman–Crippen LogP) is 2.36. The molecule has 0 spiro atoms. The molecule has 2 aromatic carbocycles. The minimum Gasteiger partial charge on any atom is -0.481 e. The molecular weight excluding hydrogens is 450 g/mol. The minimum atomic E-state index is -0.900. The molecule has 1 unspecified atom stereocenters. The van der Waals surface area contributed by atoms with Gasteiger partial charge in [0, 0.05) is 25.6 Å². The Bertz CT molecular complexity index is 1230. The number of alkyl carbamates (subject to hydrolysis) is 1. The molecule has 1 fully saturated rings. The van der Waals surface area contributed by atoms with Crippen molar-refractivity contribution in [2.24, 2.45) is 5.92 Å². The third-order valence-electron chi connectivity index (χ3n) is 6.54. The number of aromatic nitrogens is 3. The Kier molecular flexibility index (Phi) is 6.17. The highest BCUT2D eigenvalue weighted by molar-refractivity contribution is 5.92. The van der Waals surface area contributed by atoms with E-state index in [-0.39, 0.29) is 37.2 Å². The van der Waals surface area contributed by atoms with Gasteiger partial charge in [-0.25, -0.2) is 9.48 Å². The molecule has 180 valence electrons. The molecule has 35 heavy (non-hydrogen) atoms. The SMILES string of the molecule is O=C(NCCn1cc(C(=O)N2CCC(C(=O)O)C2)nn1)OCC1c2ccccc2-c2ccccc21. The molecule has 5 rings (SSSR count). The van der Waals surface area contributed by atoms with Crippen LogP contribution in [0.2, 0.25) is 0 Å². The summed E-state index contributed by atoms with van der Waals surface area (Å²) in [5.74, 6) is -1.80. The zero-order valence-corrected chi connectivity index (χ0v) is 19.0. The predicted molar refractivity (Wildman–Crippen MR) is 125 cm³/mol. The topological polar surface area (TPSA) is 127 Å². The number of aliphatic carboxylic acids is 1. The van der Waals surface area contributed by atoms with Gasteiger partial charge in [-0.15, -0.1) is 5.10 Å². The molecule has 0 saturated carbocycles. The summed E-state index contributed by atoms with van der Waals surface area (Å²) in [5.41, 5.74) is 4.78. The number of rotatable bonds is 7. The largest absolute Gasteiger partial charge is 0.481 e. The molecule has 10 heteroatoms. The molecule has 1 aliphatic carbocycles. The Morgan fingerprint density at radius 1 is 1.06 bits per heavy atom. The monoisotopic (exact) mass is 475 g/mol. The van der Waals surface area contributed by atoms with E-state index in [1.165, 1.54) is 26.9 Å². The number of carbonyl (C=O) groups excluding carboxylic acids is 2. The summed E-state index contributed by atoms with van der Waals surface area (Å²) in [6.07, 6.45) is 1.40. The van der Waals surface area contributed by atoms with Crippen molar-refractivity contribution < 1.29 is 24.2 Å². The van der Waals surface area contributed by atoms with Crippen molar-refractivity contribution in [3.05, 3.63) is 71.5 Å². The molecule has 0 radical (unpaired) electrons. The maximum Gasteiger partial charge on any atom is 0.407 e. The van der Waals surface area contributed by atoms with Gasteiger partial charge in [-0.3, -0.25) is 9.59 Å². The molecule has 0 bridgehead atoms. The van der Waals surface area contributed by atoms with Gasteiger partial charge < -0.3 is 20.1 Å². The molecule has 2 aliphatic rings. The van der Waals surface area contributed by atoms with Gasteiger partial charge in [0.05, 0.1) is 18.7 Å². The summed E-state index contributed by atoms with van der Waals surface area (Å²) in [4.78, 5) is 37.4. The Hall–Kier alpha value is -4.21. The van der Waals surface area contributed by atoms with E-state index in [4.69, 9.17) is 9.84 Å². The van der Waals surface area contributed by atoms with Crippen molar-refractivity contribution in [1.82, 2.24) is 25.2 Å². The van der Waals surface area contributed by atoms with Crippen LogP contribution in [0.25, 0.3) is 11.1 Å². The normalized spacial score (nSPS) is 16.6. The molecule has 10 nitrogen and oxygen atoms in total. The third kappa shape index (κ3) is 4.59. The van der Waals surface area contributed by atoms with Gasteiger partial charge in [0.1, 0.15) is 6.61 Å². The number of carboxylic acids is 1. The number of benzene rings is 2. The van der Waals surface area contributed by atoms with E-state index < -0.39 is 18.0 Å². The van der Waals surface area contributed by atoms with E-state index in [1.54, 1.807) is 0 Å². The second-order valence-corrected chi connectivity index (χ2v) is 8.69. The van der Waals surface area contributed by atoms with Crippen LogP contribution >= 0.6 is 0 Å². The average Bonchev–Trinajstić information content (AvgIpc) is 3.60. The number of nitrogens with zero attached hydrogens (tertiary/aromatic N) is 4. The van der Waals surface area contributed by atoms with Crippen molar-refractivity contribution in [3.8, 4) is 11.1 Å². The zero-order valence-electron chi connectivity index (χ0n) is 19.0. The van der Waals surface area contributed by atoms with Crippen LogP contribution in [0.1, 0.15) is 34.0 Å². The van der Waals surface area contributed by atoms with Crippen LogP contribution in [0.15, 0.2) is 54.7 Å². The van der Waals surface area contributed by atoms with E-state index in [2.05, 4.69) is 39.9 Å². The van der Waals surface area contributed by atoms with Crippen molar-refractivity contribution in [1.29, 1.82) is 0 Å². The molecule has 1 aliphatic heterocycles. The second-order valence-electron chi connectivity index (χ2n) is 8.69. The number of fused-ring (bicyclic) bond motifs is 3. The molecule has 1 atom stereocenters. The maximum atomic E-state index is 12.5. The van der Waals surface area contributed by atoms with Crippen molar-refractivity contribution in [2.75, 3.05) is 26.2 Å². The van der Waals surface area contributed by atoms with Crippen LogP contribution in [-0.2, 0) is 16.1 Å². The smallest absolute Gasteiger partial charge is 0.407 e. The molecule has 1 saturated heterocycles. The van der Waals surface area contributed by atoms with E-state index >= 15 is 0 Å². The van der Waals surface area contributed by atoms with Crippen LogP contribution in [0.5, 0.6) is 0 Å². The fourth-order valence-electron chi connectivity index (χ4n) is 4.74. The Morgan fingerprint density at radius 3 is 2.40 bits per heavy atom. The van der Waals surface area contributed by atoms with Gasteiger partial charge in [0.15, 0.2) is 5.69 Å². The van der Waals surface area contributed by atoms with Crippen LogP contribution in [0.4, 0.5) is 4.79 Å². The zero-order chi connectivity index (χ0) is 24.4. The van der Waals surface area contributed by atoms with Gasteiger partial charge in [-0.1, -0.05) is 53.7 Å². The Morgan fingerprint density at radius 2 is 1.74 bits per heavy atom. The molecule has 1 aromatic heterocycles. The highest BCUT2D eigenvalue weighted by Gasteiger charge is 2.32. The van der Waals surface area contributed by atoms with Crippen molar-refractivity contribution in [3.63, 3.8) is 0 Å². The summed E-state index contributed by atoms with van der Waals surface area (Å²) in [6.45, 7) is 1.34. The lowest BCUT2D eigenvalue weighted by molar-refractivity contribution is -0.141. The number of amides is 2. The number of ether oxygens (including phenoxy) is 1. The first-order valence-electron chi connectivity index (χ1n) is 11.5. The Labute approximate surface area is 201 Å². The van der Waals surface area contributed by atoms with Crippen LogP contribution in [0, 0.1) is 5.92 Å². The first-order chi connectivity index (χ1) is 17.0. The van der Waals surface area contributed by atoms with E-state index in [0.29, 0.717) is 19.5 Å². The number of hydrogen-bond acceptors (Lipinski definition) is 6. The quantitative estimate of drug-likeness (QED) is 0.537. The van der Waals surface area contributed by atoms with Gasteiger partial charge in [0.25, 0.3) is 5.91 Å². The number of nitrogens with one attached hydrogen (secondary N) is 1. The highest BCUT2D eigenvalue weighted by atomic mass is 16.5. The summed E-state index contributed by atoms with van der Waals surface area (Å²) in [7, 11) is 0. The van der Waals surface area contributed by atoms with Gasteiger partial charge >= 0.3 is 12.1 Å². The fraction of sp³-hybridized carbons (Fsp3) is 0.320. The third-order valence-corrected chi connectivity index (χ3v) is 6.54. The first kappa shape index (κ1) is 22.6. The molecular formula is C25H25N5O5. The standard InChI is InChI=1S/C25H25N5O5/c31-23(29-11-9-16(13-29)24(32)33)22-14-30(28-27-22)12-10-26-25(34)35-15-21-19-7-3-1-5-17(19)18-6-2-4-8-20(18)21/h1-8,14,16,21H,9-13,15H2,(H,26,34)(H,32,33). The fourth-order valence-corrected chi connectivity index (χ4v) is 4.74. The summed E-state index contributed by atoms with van der Waals surface area (Å²) in [6, 6.07) is 16.3. The Balaban J connectivity index is 1.10. The van der Waals surface area contributed by atoms with Gasteiger partial charge in [0.2, 0.25) is 0 Å². The van der Waals surface area contributed by atoms with Gasteiger partial charge in [-0.05, 0) is 28.7 Å². The molecule has 2 amide bonds. The van der Waals surface area contributed by atoms with Gasteiger partial charge in [-0.2, -0.15) is 0 Å². The van der Waals surface area contributed by atoms with E-state index in [9.17, 15) is 14.4 Å². The lowest BCUT2D eigenvalue weighted by Gasteiger charge is -2.14. The number of carboxylic acid groups (broad SMARTS) is 1. The van der Waals surface area contributed by atoms with Crippen LogP contribution < -0.4 is 5.32 Å². The first-order valence-corrected chi connectivity index (χ1v) is 11.5. The molecule has 2 N–H and O–H groups in total.